The summed E-state index contributed by atoms with van der Waals surface area (Å²) in [6.45, 7) is 0. The normalized spacial score (nSPS) is 13.6. The van der Waals surface area contributed by atoms with E-state index in [0.717, 1.165) is 106 Å². The molecule has 22 rings (SSSR count). The Morgan fingerprint density at radius 3 is 0.775 bits per heavy atom. The Kier molecular flexibility index (Phi) is 18.1. The molecule has 3 nitrogen and oxygen atoms in total. The Hall–Kier alpha value is -15.6. The van der Waals surface area contributed by atoms with Crippen LogP contribution in [-0.2, 0) is 0 Å². The highest BCUT2D eigenvalue weighted by Gasteiger charge is 2.45. The second kappa shape index (κ2) is 30.6. The van der Waals surface area contributed by atoms with Crippen LogP contribution >= 0.6 is 0 Å². The molecule has 1 aromatic heterocycles. The van der Waals surface area contributed by atoms with Crippen molar-refractivity contribution in [1.82, 2.24) is 15.0 Å². The fourth-order valence-electron chi connectivity index (χ4n) is 19.1. The molecule has 0 aliphatic heterocycles. The van der Waals surface area contributed by atoms with Crippen molar-refractivity contribution in [3.63, 3.8) is 0 Å². The van der Waals surface area contributed by atoms with Gasteiger partial charge in [0.15, 0.2) is 17.5 Å². The summed E-state index contributed by atoms with van der Waals surface area (Å²) in [7, 11) is 0. The molecule has 0 amide bonds. The van der Waals surface area contributed by atoms with Crippen LogP contribution in [0.4, 0.5) is 0 Å². The summed E-state index contributed by atoms with van der Waals surface area (Å²) >= 11 is 0. The van der Waals surface area contributed by atoms with Crippen LogP contribution < -0.4 is 0 Å². The van der Waals surface area contributed by atoms with Crippen LogP contribution in [0.3, 0.4) is 0 Å². The average Bonchev–Trinajstić information content (AvgIpc) is 0.674. The zero-order valence-electron chi connectivity index (χ0n) is 65.8. The molecule has 2 aliphatic rings. The summed E-state index contributed by atoms with van der Waals surface area (Å²) in [6.07, 6.45) is 0. The number of hydrogen-bond acceptors (Lipinski definition) is 3. The minimum atomic E-state index is -0.103. The van der Waals surface area contributed by atoms with Crippen molar-refractivity contribution >= 4 is 54.6 Å². The van der Waals surface area contributed by atoms with E-state index in [2.05, 4.69) is 455 Å². The summed E-state index contributed by atoms with van der Waals surface area (Å²) in [5.41, 5.74) is 35.5. The lowest BCUT2D eigenvalue weighted by atomic mass is 9.58. The van der Waals surface area contributed by atoms with Crippen LogP contribution in [0.25, 0.3) is 189 Å². The van der Waals surface area contributed by atoms with Gasteiger partial charge in [0.25, 0.3) is 0 Å². The van der Waals surface area contributed by atoms with Crippen LogP contribution in [0, 0.1) is 0 Å². The molecule has 0 radical (unpaired) electrons. The number of rotatable bonds is 16. The van der Waals surface area contributed by atoms with Crippen molar-refractivity contribution in [3.8, 4) is 134 Å². The van der Waals surface area contributed by atoms with Gasteiger partial charge in [-0.1, -0.05) is 400 Å². The van der Waals surface area contributed by atoms with E-state index in [0.29, 0.717) is 17.5 Å². The van der Waals surface area contributed by atoms with Crippen LogP contribution in [0.5, 0.6) is 0 Å². The summed E-state index contributed by atoms with van der Waals surface area (Å²) in [4.78, 5) is 16.7. The van der Waals surface area contributed by atoms with Gasteiger partial charge in [-0.25, -0.2) is 15.0 Å². The van der Waals surface area contributed by atoms with E-state index in [9.17, 15) is 0 Å². The Bertz CT molecular complexity index is 7060. The first-order valence-electron chi connectivity index (χ1n) is 41.4. The molecule has 3 heteroatoms. The maximum absolute atomic E-state index is 5.57. The first-order chi connectivity index (χ1) is 59.5. The molecule has 19 aromatic carbocycles. The van der Waals surface area contributed by atoms with Gasteiger partial charge < -0.3 is 0 Å². The zero-order chi connectivity index (χ0) is 79.4. The molecule has 120 heavy (non-hydrogen) atoms. The second-order valence-corrected chi connectivity index (χ2v) is 31.5. The number of hydrogen-bond donors (Lipinski definition) is 0. The van der Waals surface area contributed by atoms with E-state index in [4.69, 9.17) is 15.0 Å². The van der Waals surface area contributed by atoms with Gasteiger partial charge in [0.1, 0.15) is 0 Å². The fraction of sp³-hybridized carbons (Fsp3) is 0.0171. The number of allylic oxidation sites excluding steroid dienone is 4. The highest BCUT2D eigenvalue weighted by Crippen LogP contribution is 2.66. The maximum atomic E-state index is 5.57. The third-order valence-electron chi connectivity index (χ3n) is 24.5. The van der Waals surface area contributed by atoms with Crippen molar-refractivity contribution in [2.75, 3.05) is 0 Å². The average molecular weight is 1520 g/mol. The van der Waals surface area contributed by atoms with Crippen molar-refractivity contribution in [2.24, 2.45) is 0 Å². The van der Waals surface area contributed by atoms with Gasteiger partial charge in [-0.2, -0.15) is 0 Å². The van der Waals surface area contributed by atoms with E-state index < -0.39 is 0 Å². The number of aromatic nitrogens is 3. The first kappa shape index (κ1) is 71.0. The lowest BCUT2D eigenvalue weighted by molar-refractivity contribution is 0.771. The van der Waals surface area contributed by atoms with Crippen molar-refractivity contribution in [2.45, 2.75) is 11.8 Å². The summed E-state index contributed by atoms with van der Waals surface area (Å²) in [5.74, 6) is 1.52. The van der Waals surface area contributed by atoms with Gasteiger partial charge in [-0.05, 0) is 243 Å². The highest BCUT2D eigenvalue weighted by molar-refractivity contribution is 6.36. The van der Waals surface area contributed by atoms with Crippen LogP contribution in [-0.4, -0.2) is 15.0 Å². The summed E-state index contributed by atoms with van der Waals surface area (Å²) in [5, 5.41) is 7.51. The highest BCUT2D eigenvalue weighted by atomic mass is 15.0. The van der Waals surface area contributed by atoms with Crippen molar-refractivity contribution < 1.29 is 0 Å². The molecule has 0 bridgehead atoms. The van der Waals surface area contributed by atoms with Gasteiger partial charge in [-0.15, -0.1) is 0 Å². The standard InChI is InChI=1S/C117H77N3/c1-11-35-76(36-12-1)92-69-93(77-37-13-2-14-38-77)72-96(71-92)88-55-31-57-90(67-88)116-118-115(119-117(120-116)91-58-32-56-89(68-91)97-73-94(78-39-15-3-16-40-78)70-95(74-97)79-41-17-4-18-42-79)87-65-63-81(64-66-87)102-75-103(80-43-19-5-20-44-80)111-98-59-33-61-100-109(98)110-99(112(111)104(102)82-45-21-6-22-46-82)60-34-62-101(110)114-108(86-53-29-10-30-54-86)106(84-49-25-8-26-50-84)105(83-47-23-7-24-48-83)107(113(100)114)85-51-27-9-28-52-85/h1-75,113-114H. The second-order valence-electron chi connectivity index (χ2n) is 31.5. The molecule has 560 valence electrons. The third kappa shape index (κ3) is 12.9. The quantitative estimate of drug-likeness (QED) is 0.0905. The molecule has 0 saturated heterocycles. The Labute approximate surface area is 699 Å². The van der Waals surface area contributed by atoms with Crippen molar-refractivity contribution in [3.05, 3.63) is 488 Å². The molecule has 0 N–H and O–H groups in total. The lowest BCUT2D eigenvalue weighted by Gasteiger charge is -2.44. The number of nitrogens with zero attached hydrogens (tertiary/aromatic N) is 3. The Balaban J connectivity index is 0.757. The molecule has 20 aromatic rings. The van der Waals surface area contributed by atoms with Gasteiger partial charge in [0.05, 0.1) is 0 Å². The first-order valence-corrected chi connectivity index (χ1v) is 41.4. The number of benzene rings is 19. The van der Waals surface area contributed by atoms with E-state index in [-0.39, 0.29) is 11.8 Å². The lowest BCUT2D eigenvalue weighted by Crippen LogP contribution is -2.25. The van der Waals surface area contributed by atoms with Crippen LogP contribution in [0.15, 0.2) is 455 Å². The molecular weight excluding hydrogens is 1450 g/mol. The van der Waals surface area contributed by atoms with E-state index in [1.54, 1.807) is 0 Å². The SMILES string of the molecule is c1ccc(C2=C(c3ccccc3)C3c4cccc5c6c(-c7ccccc7)cc(-c7ccc(-c8nc(-c9cccc(-c%10cc(-c%11ccccc%11)cc(-c%11ccccc%11)c%10)c9)nc(-c9cccc(-c%10cc(-c%11ccccc%11)cc(-c%11ccccc%11)c%10)c9)n8)cc7)c(-c7ccccc7)c6c6cccc(c6c45)C3C(c3ccccc3)=C2c2ccccc2)cc1. The zero-order valence-corrected chi connectivity index (χ0v) is 65.8. The fourth-order valence-corrected chi connectivity index (χ4v) is 19.1. The van der Waals surface area contributed by atoms with E-state index in [1.165, 1.54) is 99.1 Å². The molecular formula is C117H77N3. The monoisotopic (exact) mass is 1520 g/mol. The topological polar surface area (TPSA) is 38.7 Å². The third-order valence-corrected chi connectivity index (χ3v) is 24.5. The smallest absolute Gasteiger partial charge is 0.164 e. The van der Waals surface area contributed by atoms with Gasteiger partial charge in [0, 0.05) is 28.5 Å². The molecule has 0 fully saturated rings. The summed E-state index contributed by atoms with van der Waals surface area (Å²) < 4.78 is 0. The predicted molar refractivity (Wildman–Crippen MR) is 502 cm³/mol. The minimum Gasteiger partial charge on any atom is -0.208 e. The van der Waals surface area contributed by atoms with E-state index in [1.807, 2.05) is 0 Å². The molecule has 2 atom stereocenters. The van der Waals surface area contributed by atoms with E-state index >= 15 is 0 Å². The Morgan fingerprint density at radius 1 is 0.150 bits per heavy atom. The van der Waals surface area contributed by atoms with Crippen molar-refractivity contribution in [1.29, 1.82) is 0 Å². The van der Waals surface area contributed by atoms with Crippen LogP contribution in [0.2, 0.25) is 0 Å². The Morgan fingerprint density at radius 2 is 0.408 bits per heavy atom. The number of fused-ring (bicyclic) bond motifs is 6. The molecule has 0 spiro atoms. The largest absolute Gasteiger partial charge is 0.208 e. The minimum absolute atomic E-state index is 0.0867. The predicted octanol–water partition coefficient (Wildman–Crippen LogP) is 30.8. The van der Waals surface area contributed by atoms with Gasteiger partial charge in [-0.3, -0.25) is 0 Å². The molecule has 0 saturated carbocycles. The summed E-state index contributed by atoms with van der Waals surface area (Å²) in [6, 6.07) is 167. The van der Waals surface area contributed by atoms with Gasteiger partial charge in [0.2, 0.25) is 0 Å². The maximum Gasteiger partial charge on any atom is 0.164 e. The van der Waals surface area contributed by atoms with Gasteiger partial charge >= 0.3 is 0 Å². The molecule has 2 unspecified atom stereocenters. The van der Waals surface area contributed by atoms with Crippen LogP contribution in [0.1, 0.15) is 45.2 Å². The molecule has 2 aliphatic carbocycles. The molecule has 1 heterocycles.